The van der Waals surface area contributed by atoms with E-state index in [1.807, 2.05) is 6.92 Å². The lowest BCUT2D eigenvalue weighted by molar-refractivity contribution is 0.229. The standard InChI is InChI=1S/C12H25N3/c1-5-8-14-12(4,10-13)11-15(7-3)9-6-2/h14H,5-9,11H2,1-4H3. The maximum atomic E-state index is 9.19. The lowest BCUT2D eigenvalue weighted by atomic mass is 10.0. The Balaban J connectivity index is 4.21. The number of likely N-dealkylation sites (N-methyl/N-ethyl adjacent to an activating group) is 1. The second-order valence-electron chi connectivity index (χ2n) is 4.24. The molecule has 0 fully saturated rings. The third-order valence-electron chi connectivity index (χ3n) is 2.54. The van der Waals surface area contributed by atoms with Crippen molar-refractivity contribution in [2.45, 2.75) is 46.1 Å². The molecule has 0 radical (unpaired) electrons. The quantitative estimate of drug-likeness (QED) is 0.667. The lowest BCUT2D eigenvalue weighted by Gasteiger charge is -2.30. The Hall–Kier alpha value is -0.590. The molecule has 1 N–H and O–H groups in total. The Labute approximate surface area is 94.5 Å². The Kier molecular flexibility index (Phi) is 7.37. The molecular weight excluding hydrogens is 186 g/mol. The van der Waals surface area contributed by atoms with Crippen LogP contribution in [-0.2, 0) is 0 Å². The van der Waals surface area contributed by atoms with Gasteiger partial charge < -0.3 is 4.90 Å². The van der Waals surface area contributed by atoms with Gasteiger partial charge in [-0.05, 0) is 39.4 Å². The largest absolute Gasteiger partial charge is 0.301 e. The maximum absolute atomic E-state index is 9.19. The highest BCUT2D eigenvalue weighted by molar-refractivity contribution is 5.05. The minimum Gasteiger partial charge on any atom is -0.301 e. The summed E-state index contributed by atoms with van der Waals surface area (Å²) in [5.74, 6) is 0. The van der Waals surface area contributed by atoms with E-state index in [9.17, 15) is 5.26 Å². The van der Waals surface area contributed by atoms with Crippen LogP contribution in [0.2, 0.25) is 0 Å². The van der Waals surface area contributed by atoms with Crippen LogP contribution >= 0.6 is 0 Å². The number of hydrogen-bond donors (Lipinski definition) is 1. The average Bonchev–Trinajstić information content (AvgIpc) is 2.26. The van der Waals surface area contributed by atoms with Gasteiger partial charge in [-0.2, -0.15) is 5.26 Å². The van der Waals surface area contributed by atoms with E-state index in [0.717, 1.165) is 39.0 Å². The Morgan fingerprint density at radius 1 is 1.27 bits per heavy atom. The van der Waals surface area contributed by atoms with Crippen molar-refractivity contribution >= 4 is 0 Å². The first-order chi connectivity index (χ1) is 7.11. The van der Waals surface area contributed by atoms with Crippen LogP contribution in [0.5, 0.6) is 0 Å². The van der Waals surface area contributed by atoms with E-state index in [1.54, 1.807) is 0 Å². The summed E-state index contributed by atoms with van der Waals surface area (Å²) in [4.78, 5) is 2.33. The highest BCUT2D eigenvalue weighted by Gasteiger charge is 2.24. The zero-order chi connectivity index (χ0) is 11.7. The molecule has 0 saturated carbocycles. The van der Waals surface area contributed by atoms with E-state index < -0.39 is 5.54 Å². The summed E-state index contributed by atoms with van der Waals surface area (Å²) in [6, 6.07) is 2.38. The number of nitriles is 1. The minimum atomic E-state index is -0.402. The predicted octanol–water partition coefficient (Wildman–Crippen LogP) is 2.00. The van der Waals surface area contributed by atoms with E-state index in [4.69, 9.17) is 0 Å². The molecule has 1 atom stereocenters. The van der Waals surface area contributed by atoms with Crippen molar-refractivity contribution < 1.29 is 0 Å². The van der Waals surface area contributed by atoms with Crippen LogP contribution < -0.4 is 5.32 Å². The first kappa shape index (κ1) is 14.4. The molecular formula is C12H25N3. The van der Waals surface area contributed by atoms with Gasteiger partial charge in [-0.15, -0.1) is 0 Å². The number of nitrogens with zero attached hydrogens (tertiary/aromatic N) is 2. The average molecular weight is 211 g/mol. The highest BCUT2D eigenvalue weighted by Crippen LogP contribution is 2.06. The molecule has 0 heterocycles. The molecule has 0 spiro atoms. The fraction of sp³-hybridized carbons (Fsp3) is 0.917. The van der Waals surface area contributed by atoms with Crippen molar-refractivity contribution in [3.63, 3.8) is 0 Å². The number of hydrogen-bond acceptors (Lipinski definition) is 3. The fourth-order valence-electron chi connectivity index (χ4n) is 1.64. The van der Waals surface area contributed by atoms with Gasteiger partial charge in [0.05, 0.1) is 6.07 Å². The fourth-order valence-corrected chi connectivity index (χ4v) is 1.64. The van der Waals surface area contributed by atoms with Crippen molar-refractivity contribution in [2.24, 2.45) is 0 Å². The van der Waals surface area contributed by atoms with Crippen LogP contribution in [0, 0.1) is 11.3 Å². The molecule has 0 aromatic heterocycles. The van der Waals surface area contributed by atoms with Gasteiger partial charge in [0, 0.05) is 6.54 Å². The van der Waals surface area contributed by atoms with Crippen molar-refractivity contribution in [3.05, 3.63) is 0 Å². The lowest BCUT2D eigenvalue weighted by Crippen LogP contribution is -2.50. The van der Waals surface area contributed by atoms with Crippen LogP contribution in [0.15, 0.2) is 0 Å². The molecule has 3 nitrogen and oxygen atoms in total. The SMILES string of the molecule is CCCNC(C)(C#N)CN(CC)CCC. The van der Waals surface area contributed by atoms with Crippen LogP contribution in [-0.4, -0.2) is 36.6 Å². The van der Waals surface area contributed by atoms with Crippen LogP contribution in [0.4, 0.5) is 0 Å². The molecule has 0 aliphatic carbocycles. The predicted molar refractivity (Wildman–Crippen MR) is 64.7 cm³/mol. The molecule has 1 unspecified atom stereocenters. The van der Waals surface area contributed by atoms with E-state index in [-0.39, 0.29) is 0 Å². The van der Waals surface area contributed by atoms with E-state index in [1.165, 1.54) is 0 Å². The van der Waals surface area contributed by atoms with Crippen molar-refractivity contribution in [1.82, 2.24) is 10.2 Å². The van der Waals surface area contributed by atoms with Gasteiger partial charge >= 0.3 is 0 Å². The zero-order valence-electron chi connectivity index (χ0n) is 10.6. The smallest absolute Gasteiger partial charge is 0.116 e. The molecule has 0 aromatic carbocycles. The van der Waals surface area contributed by atoms with Gasteiger partial charge in [0.2, 0.25) is 0 Å². The van der Waals surface area contributed by atoms with Gasteiger partial charge in [-0.1, -0.05) is 20.8 Å². The summed E-state index contributed by atoms with van der Waals surface area (Å²) < 4.78 is 0. The first-order valence-corrected chi connectivity index (χ1v) is 6.00. The number of nitrogens with one attached hydrogen (secondary N) is 1. The third kappa shape index (κ3) is 5.76. The van der Waals surface area contributed by atoms with E-state index >= 15 is 0 Å². The third-order valence-corrected chi connectivity index (χ3v) is 2.54. The van der Waals surface area contributed by atoms with Gasteiger partial charge in [-0.3, -0.25) is 5.32 Å². The van der Waals surface area contributed by atoms with Crippen molar-refractivity contribution in [1.29, 1.82) is 5.26 Å². The molecule has 0 aromatic rings. The second-order valence-corrected chi connectivity index (χ2v) is 4.24. The molecule has 0 aliphatic rings. The van der Waals surface area contributed by atoms with Gasteiger partial charge in [-0.25, -0.2) is 0 Å². The van der Waals surface area contributed by atoms with Crippen molar-refractivity contribution in [3.8, 4) is 6.07 Å². The van der Waals surface area contributed by atoms with E-state index in [0.29, 0.717) is 0 Å². The monoisotopic (exact) mass is 211 g/mol. The maximum Gasteiger partial charge on any atom is 0.116 e. The summed E-state index contributed by atoms with van der Waals surface area (Å²) in [6.07, 6.45) is 2.21. The van der Waals surface area contributed by atoms with Crippen LogP contribution in [0.25, 0.3) is 0 Å². The number of rotatable bonds is 8. The van der Waals surface area contributed by atoms with E-state index in [2.05, 4.69) is 37.1 Å². The van der Waals surface area contributed by atoms with Crippen LogP contribution in [0.3, 0.4) is 0 Å². The van der Waals surface area contributed by atoms with Gasteiger partial charge in [0.25, 0.3) is 0 Å². The molecule has 15 heavy (non-hydrogen) atoms. The summed E-state index contributed by atoms with van der Waals surface area (Å²) in [6.45, 7) is 12.2. The molecule has 3 heteroatoms. The molecule has 0 rings (SSSR count). The molecule has 0 amide bonds. The molecule has 0 saturated heterocycles. The first-order valence-electron chi connectivity index (χ1n) is 6.00. The minimum absolute atomic E-state index is 0.402. The summed E-state index contributed by atoms with van der Waals surface area (Å²) >= 11 is 0. The normalized spacial score (nSPS) is 14.9. The van der Waals surface area contributed by atoms with Gasteiger partial charge in [0.1, 0.15) is 5.54 Å². The summed E-state index contributed by atoms with van der Waals surface area (Å²) in [7, 11) is 0. The highest BCUT2D eigenvalue weighted by atomic mass is 15.2. The Bertz CT molecular complexity index is 198. The molecule has 0 aliphatic heterocycles. The van der Waals surface area contributed by atoms with Crippen molar-refractivity contribution in [2.75, 3.05) is 26.2 Å². The Morgan fingerprint density at radius 3 is 2.33 bits per heavy atom. The molecule has 0 bridgehead atoms. The van der Waals surface area contributed by atoms with Gasteiger partial charge in [0.15, 0.2) is 0 Å². The van der Waals surface area contributed by atoms with Crippen LogP contribution in [0.1, 0.15) is 40.5 Å². The topological polar surface area (TPSA) is 39.1 Å². The zero-order valence-corrected chi connectivity index (χ0v) is 10.6. The Morgan fingerprint density at radius 2 is 1.93 bits per heavy atom. The second kappa shape index (κ2) is 7.67. The molecule has 88 valence electrons. The summed E-state index contributed by atoms with van der Waals surface area (Å²) in [5, 5.41) is 12.5. The summed E-state index contributed by atoms with van der Waals surface area (Å²) in [5.41, 5.74) is -0.402.